The highest BCUT2D eigenvalue weighted by molar-refractivity contribution is 8.00. The maximum absolute atomic E-state index is 13.6. The van der Waals surface area contributed by atoms with Crippen molar-refractivity contribution in [3.63, 3.8) is 0 Å². The first-order chi connectivity index (χ1) is 22.4. The molecule has 46 heavy (non-hydrogen) atoms. The van der Waals surface area contributed by atoms with Gasteiger partial charge in [-0.05, 0) is 66.9 Å². The molecule has 1 amide bonds. The Morgan fingerprint density at radius 3 is 2.22 bits per heavy atom. The molecule has 8 nitrogen and oxygen atoms in total. The number of rotatable bonds is 11. The summed E-state index contributed by atoms with van der Waals surface area (Å²) in [6, 6.07) is 31.1. The molecule has 0 aliphatic carbocycles. The Balaban J connectivity index is 1.33. The number of nitrogens with zero attached hydrogens (tertiary/aromatic N) is 3. The van der Waals surface area contributed by atoms with Gasteiger partial charge in [0.05, 0.1) is 18.2 Å². The van der Waals surface area contributed by atoms with E-state index in [1.165, 1.54) is 33.6 Å². The predicted molar refractivity (Wildman–Crippen MR) is 180 cm³/mol. The summed E-state index contributed by atoms with van der Waals surface area (Å²) >= 11 is 2.74. The first kappa shape index (κ1) is 31.1. The minimum Gasteiger partial charge on any atom is -0.507 e. The number of amides is 1. The number of anilines is 1. The summed E-state index contributed by atoms with van der Waals surface area (Å²) in [6.45, 7) is 4.81. The second-order valence-electron chi connectivity index (χ2n) is 10.6. The molecule has 1 N–H and O–H groups in total. The fourth-order valence-electron chi connectivity index (χ4n) is 5.05. The normalized spacial score (nSPS) is 15.7. The Labute approximate surface area is 275 Å². The molecule has 10 heteroatoms. The number of aryl methyl sites for hydroxylation is 1. The van der Waals surface area contributed by atoms with Gasteiger partial charge in [0.25, 0.3) is 5.78 Å². The van der Waals surface area contributed by atoms with E-state index in [4.69, 9.17) is 9.47 Å². The molecule has 0 radical (unpaired) electrons. The van der Waals surface area contributed by atoms with Crippen molar-refractivity contribution in [2.75, 3.05) is 11.5 Å². The van der Waals surface area contributed by atoms with Crippen LogP contribution >= 0.6 is 23.1 Å². The van der Waals surface area contributed by atoms with Crippen molar-refractivity contribution in [3.8, 4) is 11.5 Å². The highest BCUT2D eigenvalue weighted by Gasteiger charge is 2.48. The summed E-state index contributed by atoms with van der Waals surface area (Å²) in [6.07, 6.45) is 0. The topological polar surface area (TPSA) is 102 Å². The molecule has 2 heterocycles. The molecular weight excluding hydrogens is 619 g/mol. The number of ether oxygens (including phenoxy) is 2. The van der Waals surface area contributed by atoms with Crippen LogP contribution in [0.3, 0.4) is 0 Å². The second-order valence-corrected chi connectivity index (χ2v) is 12.8. The molecule has 0 bridgehead atoms. The van der Waals surface area contributed by atoms with Crippen LogP contribution in [-0.2, 0) is 21.9 Å². The Morgan fingerprint density at radius 1 is 0.848 bits per heavy atom. The molecule has 4 aromatic carbocycles. The monoisotopic (exact) mass is 649 g/mol. The highest BCUT2D eigenvalue weighted by Crippen LogP contribution is 2.44. The van der Waals surface area contributed by atoms with E-state index in [0.717, 1.165) is 11.1 Å². The fourth-order valence-corrected chi connectivity index (χ4v) is 6.87. The van der Waals surface area contributed by atoms with Gasteiger partial charge in [-0.1, -0.05) is 95.4 Å². The molecule has 0 spiro atoms. The summed E-state index contributed by atoms with van der Waals surface area (Å²) in [5.41, 5.74) is 4.32. The summed E-state index contributed by atoms with van der Waals surface area (Å²) in [7, 11) is 0. The molecule has 232 valence electrons. The number of ketones is 1. The van der Waals surface area contributed by atoms with E-state index in [-0.39, 0.29) is 16.5 Å². The first-order valence-electron chi connectivity index (χ1n) is 14.7. The molecule has 1 saturated heterocycles. The van der Waals surface area contributed by atoms with Crippen molar-refractivity contribution in [2.24, 2.45) is 0 Å². The number of aromatic nitrogens is 2. The lowest BCUT2D eigenvalue weighted by Gasteiger charge is -2.22. The molecule has 0 saturated carbocycles. The zero-order chi connectivity index (χ0) is 32.0. The van der Waals surface area contributed by atoms with Crippen LogP contribution in [0.4, 0.5) is 5.13 Å². The van der Waals surface area contributed by atoms with Crippen LogP contribution in [0.5, 0.6) is 11.5 Å². The van der Waals surface area contributed by atoms with Gasteiger partial charge in [-0.2, -0.15) is 0 Å². The zero-order valence-electron chi connectivity index (χ0n) is 25.3. The summed E-state index contributed by atoms with van der Waals surface area (Å²) < 4.78 is 12.2. The van der Waals surface area contributed by atoms with E-state index >= 15 is 0 Å². The molecule has 5 aromatic rings. The SMILES string of the molecule is CCOc1ccc(/C(O)=C2/C(=O)C(=O)N(c3nnc(SCc4ccc(C)cc4)s3)C2c2ccc(OCc3ccccc3)cc2)cc1. The van der Waals surface area contributed by atoms with E-state index in [2.05, 4.69) is 34.5 Å². The first-order valence-corrected chi connectivity index (χ1v) is 16.5. The molecule has 1 atom stereocenters. The third-order valence-corrected chi connectivity index (χ3v) is 9.54. The van der Waals surface area contributed by atoms with Crippen LogP contribution in [-0.4, -0.2) is 33.6 Å². The number of aliphatic hydroxyl groups is 1. The molecule has 1 unspecified atom stereocenters. The number of carbonyl (C=O) groups is 2. The summed E-state index contributed by atoms with van der Waals surface area (Å²) in [4.78, 5) is 28.6. The van der Waals surface area contributed by atoms with E-state index in [1.807, 2.05) is 44.2 Å². The van der Waals surface area contributed by atoms with Gasteiger partial charge >= 0.3 is 5.91 Å². The predicted octanol–water partition coefficient (Wildman–Crippen LogP) is 7.74. The van der Waals surface area contributed by atoms with Crippen LogP contribution in [0.25, 0.3) is 5.76 Å². The number of thioether (sulfide) groups is 1. The molecule has 1 aliphatic rings. The average Bonchev–Trinajstić information content (AvgIpc) is 3.66. The molecule has 1 fully saturated rings. The molecule has 1 aliphatic heterocycles. The van der Waals surface area contributed by atoms with Gasteiger partial charge in [-0.15, -0.1) is 10.2 Å². The Morgan fingerprint density at radius 2 is 1.52 bits per heavy atom. The van der Waals surface area contributed by atoms with Gasteiger partial charge in [-0.25, -0.2) is 0 Å². The number of hydrogen-bond acceptors (Lipinski definition) is 9. The Kier molecular flexibility index (Phi) is 9.46. The number of hydrogen-bond donors (Lipinski definition) is 1. The Bertz CT molecular complexity index is 1850. The number of Topliss-reactive ketones (excluding diaryl/α,β-unsaturated/α-hetero) is 1. The number of carbonyl (C=O) groups excluding carboxylic acids is 2. The second kappa shape index (κ2) is 14.0. The van der Waals surface area contributed by atoms with Crippen molar-refractivity contribution < 1.29 is 24.2 Å². The standard InChI is InChI=1S/C36H31N3O5S2/c1-3-43-28-19-15-27(16-20-28)32(40)30-31(26-13-17-29(18-14-26)44-21-24-7-5-4-6-8-24)39(34(42)33(30)41)35-37-38-36(46-35)45-22-25-11-9-23(2)10-12-25/h4-20,31,40H,3,21-22H2,1-2H3/b32-30-. The minimum absolute atomic E-state index is 0.0313. The fraction of sp³-hybridized carbons (Fsp3) is 0.167. The van der Waals surface area contributed by atoms with Crippen LogP contribution < -0.4 is 14.4 Å². The third kappa shape index (κ3) is 6.83. The van der Waals surface area contributed by atoms with E-state index in [9.17, 15) is 14.7 Å². The maximum Gasteiger partial charge on any atom is 0.301 e. The van der Waals surface area contributed by atoms with E-state index < -0.39 is 17.7 Å². The lowest BCUT2D eigenvalue weighted by Crippen LogP contribution is -2.29. The lowest BCUT2D eigenvalue weighted by molar-refractivity contribution is -0.132. The molecule has 1 aromatic heterocycles. The van der Waals surface area contributed by atoms with Crippen LogP contribution in [0.1, 0.15) is 40.8 Å². The molecule has 6 rings (SSSR count). The van der Waals surface area contributed by atoms with Gasteiger partial charge in [0, 0.05) is 11.3 Å². The van der Waals surface area contributed by atoms with Crippen molar-refractivity contribution in [3.05, 3.63) is 137 Å². The third-order valence-electron chi connectivity index (χ3n) is 7.41. The van der Waals surface area contributed by atoms with Crippen LogP contribution in [0.2, 0.25) is 0 Å². The van der Waals surface area contributed by atoms with Crippen molar-refractivity contribution in [1.29, 1.82) is 0 Å². The average molecular weight is 650 g/mol. The summed E-state index contributed by atoms with van der Waals surface area (Å²) in [5, 5.41) is 20.4. The van der Waals surface area contributed by atoms with Gasteiger partial charge < -0.3 is 14.6 Å². The largest absolute Gasteiger partial charge is 0.507 e. The van der Waals surface area contributed by atoms with Gasteiger partial charge in [-0.3, -0.25) is 14.5 Å². The van der Waals surface area contributed by atoms with Gasteiger partial charge in [0.2, 0.25) is 5.13 Å². The number of aliphatic hydroxyl groups excluding tert-OH is 1. The Hall–Kier alpha value is -4.93. The van der Waals surface area contributed by atoms with Gasteiger partial charge in [0.1, 0.15) is 23.9 Å². The minimum atomic E-state index is -0.933. The van der Waals surface area contributed by atoms with Crippen LogP contribution in [0.15, 0.2) is 113 Å². The van der Waals surface area contributed by atoms with Gasteiger partial charge in [0.15, 0.2) is 4.34 Å². The quantitative estimate of drug-likeness (QED) is 0.0510. The van der Waals surface area contributed by atoms with Crippen molar-refractivity contribution in [2.45, 2.75) is 36.6 Å². The summed E-state index contributed by atoms with van der Waals surface area (Å²) in [5.74, 6) is 0.0718. The molecular formula is C36H31N3O5S2. The maximum atomic E-state index is 13.6. The van der Waals surface area contributed by atoms with Crippen molar-refractivity contribution >= 4 is 45.7 Å². The van der Waals surface area contributed by atoms with Crippen LogP contribution in [0, 0.1) is 6.92 Å². The zero-order valence-corrected chi connectivity index (χ0v) is 26.9. The van der Waals surface area contributed by atoms with E-state index in [0.29, 0.717) is 45.9 Å². The van der Waals surface area contributed by atoms with E-state index in [1.54, 1.807) is 48.5 Å². The smallest absolute Gasteiger partial charge is 0.301 e. The highest BCUT2D eigenvalue weighted by atomic mass is 32.2. The number of benzene rings is 4. The lowest BCUT2D eigenvalue weighted by atomic mass is 9.95. The van der Waals surface area contributed by atoms with Crippen molar-refractivity contribution in [1.82, 2.24) is 10.2 Å².